The zero-order chi connectivity index (χ0) is 14.5. The molecular weight excluding hydrogens is 256 g/mol. The molecule has 1 aromatic carbocycles. The lowest BCUT2D eigenvalue weighted by molar-refractivity contribution is -0.139. The molecule has 0 spiro atoms. The van der Waals surface area contributed by atoms with Crippen molar-refractivity contribution in [3.05, 3.63) is 35.9 Å². The van der Waals surface area contributed by atoms with Crippen LogP contribution in [0, 0.1) is 11.8 Å². The van der Waals surface area contributed by atoms with Crippen LogP contribution >= 0.6 is 0 Å². The molecule has 1 fully saturated rings. The van der Waals surface area contributed by atoms with E-state index in [0.29, 0.717) is 23.9 Å². The first-order valence-electron chi connectivity index (χ1n) is 6.90. The zero-order valence-electron chi connectivity index (χ0n) is 11.5. The summed E-state index contributed by atoms with van der Waals surface area (Å²) in [6.45, 7) is 2.68. The van der Waals surface area contributed by atoms with Gasteiger partial charge in [0.05, 0.1) is 0 Å². The van der Waals surface area contributed by atoms with Gasteiger partial charge in [0, 0.05) is 6.54 Å². The molecule has 1 aromatic rings. The number of carboxylic acid groups (broad SMARTS) is 1. The van der Waals surface area contributed by atoms with Crippen LogP contribution in [0.2, 0.25) is 0 Å². The van der Waals surface area contributed by atoms with E-state index < -0.39 is 18.0 Å². The number of aliphatic carboxylic acids is 1. The highest BCUT2D eigenvalue weighted by Crippen LogP contribution is 2.36. The highest BCUT2D eigenvalue weighted by molar-refractivity contribution is 5.83. The Bertz CT molecular complexity index is 471. The third-order valence-electron chi connectivity index (χ3n) is 3.67. The van der Waals surface area contributed by atoms with Gasteiger partial charge in [0.25, 0.3) is 0 Å². The minimum Gasteiger partial charge on any atom is -0.479 e. The fourth-order valence-corrected chi connectivity index (χ4v) is 2.20. The maximum atomic E-state index is 11.8. The summed E-state index contributed by atoms with van der Waals surface area (Å²) in [5, 5.41) is 14.5. The van der Waals surface area contributed by atoms with Crippen LogP contribution in [0.4, 0.5) is 4.79 Å². The lowest BCUT2D eigenvalue weighted by atomic mass is 10.1. The highest BCUT2D eigenvalue weighted by Gasteiger charge is 2.28. The van der Waals surface area contributed by atoms with E-state index in [1.807, 2.05) is 0 Å². The number of hydrogen-bond acceptors (Lipinski definition) is 2. The SMILES string of the molecule is CC(CNC(=O)NC(C(=O)O)c1ccccc1)C1CC1. The molecule has 1 aliphatic rings. The number of hydrogen-bond donors (Lipinski definition) is 3. The monoisotopic (exact) mass is 276 g/mol. The van der Waals surface area contributed by atoms with E-state index in [2.05, 4.69) is 17.6 Å². The van der Waals surface area contributed by atoms with Crippen molar-refractivity contribution in [2.24, 2.45) is 11.8 Å². The molecule has 0 aliphatic heterocycles. The minimum atomic E-state index is -1.07. The Morgan fingerprint density at radius 2 is 1.95 bits per heavy atom. The van der Waals surface area contributed by atoms with Gasteiger partial charge in [-0.1, -0.05) is 37.3 Å². The summed E-state index contributed by atoms with van der Waals surface area (Å²) in [7, 11) is 0. The smallest absolute Gasteiger partial charge is 0.330 e. The van der Waals surface area contributed by atoms with Gasteiger partial charge in [0.15, 0.2) is 6.04 Å². The largest absolute Gasteiger partial charge is 0.479 e. The van der Waals surface area contributed by atoms with Crippen molar-refractivity contribution < 1.29 is 14.7 Å². The van der Waals surface area contributed by atoms with Crippen molar-refractivity contribution in [3.8, 4) is 0 Å². The van der Waals surface area contributed by atoms with Crippen molar-refractivity contribution in [1.29, 1.82) is 0 Å². The second-order valence-corrected chi connectivity index (χ2v) is 5.35. The third kappa shape index (κ3) is 3.98. The zero-order valence-corrected chi connectivity index (χ0v) is 11.5. The molecule has 0 radical (unpaired) electrons. The molecule has 2 atom stereocenters. The highest BCUT2D eigenvalue weighted by atomic mass is 16.4. The lowest BCUT2D eigenvalue weighted by Gasteiger charge is -2.17. The Labute approximate surface area is 118 Å². The number of carbonyl (C=O) groups is 2. The molecule has 0 aromatic heterocycles. The Morgan fingerprint density at radius 3 is 2.50 bits per heavy atom. The second-order valence-electron chi connectivity index (χ2n) is 5.35. The molecule has 1 saturated carbocycles. The average molecular weight is 276 g/mol. The number of nitrogens with one attached hydrogen (secondary N) is 2. The normalized spacial score (nSPS) is 17.1. The Balaban J connectivity index is 1.87. The number of amides is 2. The van der Waals surface area contributed by atoms with E-state index in [1.165, 1.54) is 12.8 Å². The van der Waals surface area contributed by atoms with E-state index in [9.17, 15) is 14.7 Å². The molecule has 0 bridgehead atoms. The fraction of sp³-hybridized carbons (Fsp3) is 0.467. The Hall–Kier alpha value is -2.04. The molecular formula is C15H20N2O3. The first-order valence-corrected chi connectivity index (χ1v) is 6.90. The molecule has 3 N–H and O–H groups in total. The quantitative estimate of drug-likeness (QED) is 0.745. The van der Waals surface area contributed by atoms with Gasteiger partial charge in [-0.3, -0.25) is 0 Å². The topological polar surface area (TPSA) is 78.4 Å². The van der Waals surface area contributed by atoms with Crippen LogP contribution in [0.25, 0.3) is 0 Å². The van der Waals surface area contributed by atoms with E-state index in [4.69, 9.17) is 0 Å². The van der Waals surface area contributed by atoms with Crippen LogP contribution in [-0.2, 0) is 4.79 Å². The summed E-state index contributed by atoms with van der Waals surface area (Å²) in [5.41, 5.74) is 0.561. The Kier molecular flexibility index (Phi) is 4.61. The molecule has 1 aliphatic carbocycles. The van der Waals surface area contributed by atoms with Gasteiger partial charge in [0.2, 0.25) is 0 Å². The molecule has 2 amide bonds. The molecule has 5 nitrogen and oxygen atoms in total. The van der Waals surface area contributed by atoms with Crippen LogP contribution in [0.5, 0.6) is 0 Å². The maximum absolute atomic E-state index is 11.8. The first-order chi connectivity index (χ1) is 9.58. The predicted molar refractivity (Wildman–Crippen MR) is 75.2 cm³/mol. The summed E-state index contributed by atoms with van der Waals surface area (Å²) >= 11 is 0. The van der Waals surface area contributed by atoms with Crippen LogP contribution in [-0.4, -0.2) is 23.7 Å². The molecule has 0 heterocycles. The van der Waals surface area contributed by atoms with Gasteiger partial charge in [0.1, 0.15) is 0 Å². The van der Waals surface area contributed by atoms with Gasteiger partial charge < -0.3 is 15.7 Å². The van der Waals surface area contributed by atoms with Crippen molar-refractivity contribution in [3.63, 3.8) is 0 Å². The van der Waals surface area contributed by atoms with Gasteiger partial charge in [-0.2, -0.15) is 0 Å². The fourth-order valence-electron chi connectivity index (χ4n) is 2.20. The van der Waals surface area contributed by atoms with E-state index >= 15 is 0 Å². The second kappa shape index (κ2) is 6.41. The molecule has 20 heavy (non-hydrogen) atoms. The van der Waals surface area contributed by atoms with Crippen LogP contribution in [0.15, 0.2) is 30.3 Å². The van der Waals surface area contributed by atoms with Crippen molar-refractivity contribution in [2.45, 2.75) is 25.8 Å². The van der Waals surface area contributed by atoms with Gasteiger partial charge >= 0.3 is 12.0 Å². The number of benzene rings is 1. The predicted octanol–water partition coefficient (Wildman–Crippen LogP) is 2.16. The summed E-state index contributed by atoms with van der Waals surface area (Å²) in [4.78, 5) is 23.0. The van der Waals surface area contributed by atoms with E-state index in [0.717, 1.165) is 0 Å². The van der Waals surface area contributed by atoms with Gasteiger partial charge in [-0.15, -0.1) is 0 Å². The minimum absolute atomic E-state index is 0.436. The van der Waals surface area contributed by atoms with E-state index in [-0.39, 0.29) is 0 Å². The third-order valence-corrected chi connectivity index (χ3v) is 3.67. The van der Waals surface area contributed by atoms with Crippen molar-refractivity contribution in [2.75, 3.05) is 6.54 Å². The lowest BCUT2D eigenvalue weighted by Crippen LogP contribution is -2.42. The number of carboxylic acids is 1. The Morgan fingerprint density at radius 1 is 1.30 bits per heavy atom. The number of urea groups is 1. The molecule has 0 saturated heterocycles. The molecule has 5 heteroatoms. The summed E-state index contributed by atoms with van der Waals surface area (Å²) in [5.74, 6) is 0.0852. The van der Waals surface area contributed by atoms with Gasteiger partial charge in [-0.05, 0) is 30.2 Å². The standard InChI is InChI=1S/C15H20N2O3/c1-10(11-7-8-11)9-16-15(20)17-13(14(18)19)12-5-3-2-4-6-12/h2-6,10-11,13H,7-9H2,1H3,(H,18,19)(H2,16,17,20). The molecule has 2 rings (SSSR count). The van der Waals surface area contributed by atoms with Crippen LogP contribution < -0.4 is 10.6 Å². The average Bonchev–Trinajstić information content (AvgIpc) is 3.27. The van der Waals surface area contributed by atoms with Crippen molar-refractivity contribution in [1.82, 2.24) is 10.6 Å². The van der Waals surface area contributed by atoms with Crippen molar-refractivity contribution >= 4 is 12.0 Å². The first kappa shape index (κ1) is 14.4. The van der Waals surface area contributed by atoms with Gasteiger partial charge in [-0.25, -0.2) is 9.59 Å². The summed E-state index contributed by atoms with van der Waals surface area (Å²) in [6.07, 6.45) is 2.46. The summed E-state index contributed by atoms with van der Waals surface area (Å²) < 4.78 is 0. The van der Waals surface area contributed by atoms with E-state index in [1.54, 1.807) is 30.3 Å². The van der Waals surface area contributed by atoms with Crippen LogP contribution in [0.3, 0.4) is 0 Å². The molecule has 2 unspecified atom stereocenters. The number of carbonyl (C=O) groups excluding carboxylic acids is 1. The number of rotatable bonds is 6. The molecule has 108 valence electrons. The van der Waals surface area contributed by atoms with Crippen LogP contribution in [0.1, 0.15) is 31.4 Å². The summed E-state index contributed by atoms with van der Waals surface area (Å²) in [6, 6.07) is 7.22. The maximum Gasteiger partial charge on any atom is 0.330 e.